The molecule has 0 radical (unpaired) electrons. The van der Waals surface area contributed by atoms with Gasteiger partial charge in [0.25, 0.3) is 0 Å². The van der Waals surface area contributed by atoms with E-state index >= 15 is 0 Å². The van der Waals surface area contributed by atoms with Crippen molar-refractivity contribution in [1.29, 1.82) is 0 Å². The Morgan fingerprint density at radius 3 is 2.70 bits per heavy atom. The Labute approximate surface area is 116 Å². The van der Waals surface area contributed by atoms with Crippen LogP contribution in [0.15, 0.2) is 12.1 Å². The summed E-state index contributed by atoms with van der Waals surface area (Å²) in [7, 11) is 1.52. The van der Waals surface area contributed by atoms with Crippen molar-refractivity contribution in [1.82, 2.24) is 5.32 Å². The summed E-state index contributed by atoms with van der Waals surface area (Å²) in [5, 5.41) is 5.20. The van der Waals surface area contributed by atoms with Crippen LogP contribution >= 0.6 is 0 Å². The molecule has 1 amide bonds. The standard InChI is InChI=1S/C13H18FN3O3/c1-3-20-13(19)8-6-11(9(14)7-10(8)15)17-5-4-12(18)16-2/h6-7,17H,3-5,15H2,1-2H3,(H,16,18). The zero-order valence-corrected chi connectivity index (χ0v) is 11.5. The van der Waals surface area contributed by atoms with E-state index in [9.17, 15) is 14.0 Å². The second-order valence-corrected chi connectivity index (χ2v) is 3.99. The molecule has 0 saturated carbocycles. The SMILES string of the molecule is CCOC(=O)c1cc(NCCC(=O)NC)c(F)cc1N. The van der Waals surface area contributed by atoms with Gasteiger partial charge in [0.05, 0.1) is 17.9 Å². The maximum atomic E-state index is 13.7. The number of hydrogen-bond acceptors (Lipinski definition) is 5. The fourth-order valence-corrected chi connectivity index (χ4v) is 1.55. The molecule has 0 aliphatic heterocycles. The second kappa shape index (κ2) is 7.32. The van der Waals surface area contributed by atoms with Crippen molar-refractivity contribution >= 4 is 23.3 Å². The summed E-state index contributed by atoms with van der Waals surface area (Å²) in [6.45, 7) is 2.11. The number of carbonyl (C=O) groups excluding carboxylic acids is 2. The van der Waals surface area contributed by atoms with Crippen molar-refractivity contribution in [3.05, 3.63) is 23.5 Å². The largest absolute Gasteiger partial charge is 0.462 e. The third kappa shape index (κ3) is 4.11. The van der Waals surface area contributed by atoms with E-state index in [1.165, 1.54) is 13.1 Å². The number of halogens is 1. The number of carbonyl (C=O) groups is 2. The molecule has 0 spiro atoms. The first-order chi connectivity index (χ1) is 9.49. The van der Waals surface area contributed by atoms with Gasteiger partial charge >= 0.3 is 5.97 Å². The van der Waals surface area contributed by atoms with E-state index in [1.807, 2.05) is 0 Å². The van der Waals surface area contributed by atoms with E-state index in [2.05, 4.69) is 10.6 Å². The van der Waals surface area contributed by atoms with Crippen LogP contribution in [0.3, 0.4) is 0 Å². The smallest absolute Gasteiger partial charge is 0.340 e. The molecule has 0 atom stereocenters. The number of rotatable bonds is 6. The van der Waals surface area contributed by atoms with Crippen molar-refractivity contribution in [2.24, 2.45) is 0 Å². The highest BCUT2D eigenvalue weighted by Gasteiger charge is 2.15. The molecule has 0 heterocycles. The Morgan fingerprint density at radius 2 is 2.10 bits per heavy atom. The van der Waals surface area contributed by atoms with Gasteiger partial charge < -0.3 is 21.1 Å². The maximum Gasteiger partial charge on any atom is 0.340 e. The monoisotopic (exact) mass is 283 g/mol. The molecule has 0 fully saturated rings. The lowest BCUT2D eigenvalue weighted by Crippen LogP contribution is -2.21. The number of nitrogen functional groups attached to an aromatic ring is 1. The van der Waals surface area contributed by atoms with Crippen LogP contribution in [0, 0.1) is 5.82 Å². The fraction of sp³-hybridized carbons (Fsp3) is 0.385. The number of ether oxygens (including phenoxy) is 1. The minimum atomic E-state index is -0.612. The Kier molecular flexibility index (Phi) is 5.76. The molecule has 110 valence electrons. The summed E-state index contributed by atoms with van der Waals surface area (Å²) in [6, 6.07) is 2.33. The second-order valence-electron chi connectivity index (χ2n) is 3.99. The zero-order valence-electron chi connectivity index (χ0n) is 11.5. The van der Waals surface area contributed by atoms with E-state index in [4.69, 9.17) is 10.5 Å². The summed E-state index contributed by atoms with van der Waals surface area (Å²) in [6.07, 6.45) is 0.190. The van der Waals surface area contributed by atoms with Crippen LogP contribution in [0.25, 0.3) is 0 Å². The summed E-state index contributed by atoms with van der Waals surface area (Å²) >= 11 is 0. The molecule has 1 rings (SSSR count). The van der Waals surface area contributed by atoms with Crippen LogP contribution < -0.4 is 16.4 Å². The van der Waals surface area contributed by atoms with Gasteiger partial charge in [-0.15, -0.1) is 0 Å². The Morgan fingerprint density at radius 1 is 1.40 bits per heavy atom. The van der Waals surface area contributed by atoms with Crippen LogP contribution in [-0.4, -0.2) is 32.1 Å². The van der Waals surface area contributed by atoms with Crippen molar-refractivity contribution in [2.45, 2.75) is 13.3 Å². The Hall–Kier alpha value is -2.31. The molecule has 0 aromatic heterocycles. The molecule has 20 heavy (non-hydrogen) atoms. The third-order valence-electron chi connectivity index (χ3n) is 2.58. The summed E-state index contributed by atoms with van der Waals surface area (Å²) in [4.78, 5) is 22.7. The van der Waals surface area contributed by atoms with Gasteiger partial charge in [0.2, 0.25) is 5.91 Å². The molecule has 0 aliphatic carbocycles. The summed E-state index contributed by atoms with van der Waals surface area (Å²) < 4.78 is 18.5. The molecular formula is C13H18FN3O3. The first-order valence-electron chi connectivity index (χ1n) is 6.20. The van der Waals surface area contributed by atoms with E-state index in [0.29, 0.717) is 0 Å². The van der Waals surface area contributed by atoms with Gasteiger partial charge in [-0.05, 0) is 19.1 Å². The van der Waals surface area contributed by atoms with Gasteiger partial charge in [0.15, 0.2) is 0 Å². The van der Waals surface area contributed by atoms with Gasteiger partial charge in [-0.25, -0.2) is 9.18 Å². The average Bonchev–Trinajstić information content (AvgIpc) is 2.41. The van der Waals surface area contributed by atoms with Gasteiger partial charge in [-0.3, -0.25) is 4.79 Å². The van der Waals surface area contributed by atoms with Crippen molar-refractivity contribution < 1.29 is 18.7 Å². The lowest BCUT2D eigenvalue weighted by Gasteiger charge is -2.11. The van der Waals surface area contributed by atoms with Crippen LogP contribution in [0.1, 0.15) is 23.7 Å². The lowest BCUT2D eigenvalue weighted by atomic mass is 10.1. The highest BCUT2D eigenvalue weighted by molar-refractivity contribution is 5.96. The highest BCUT2D eigenvalue weighted by atomic mass is 19.1. The maximum absolute atomic E-state index is 13.7. The molecular weight excluding hydrogens is 265 g/mol. The molecule has 0 unspecified atom stereocenters. The molecule has 4 N–H and O–H groups in total. The number of benzene rings is 1. The van der Waals surface area contributed by atoms with Gasteiger partial charge in [0, 0.05) is 25.7 Å². The zero-order chi connectivity index (χ0) is 15.1. The number of anilines is 2. The molecule has 0 aliphatic rings. The lowest BCUT2D eigenvalue weighted by molar-refractivity contribution is -0.120. The predicted octanol–water partition coefficient (Wildman–Crippen LogP) is 1.13. The molecule has 0 bridgehead atoms. The normalized spacial score (nSPS) is 9.95. The minimum absolute atomic E-state index is 0.0119. The molecule has 1 aromatic carbocycles. The van der Waals surface area contributed by atoms with E-state index < -0.39 is 11.8 Å². The van der Waals surface area contributed by atoms with Gasteiger partial charge in [0.1, 0.15) is 5.82 Å². The fourth-order valence-electron chi connectivity index (χ4n) is 1.55. The quantitative estimate of drug-likeness (QED) is 0.537. The Bertz CT molecular complexity index is 506. The summed E-state index contributed by atoms with van der Waals surface area (Å²) in [5.41, 5.74) is 5.80. The van der Waals surface area contributed by atoms with E-state index in [0.717, 1.165) is 6.07 Å². The van der Waals surface area contributed by atoms with Crippen molar-refractivity contribution in [3.63, 3.8) is 0 Å². The molecule has 1 aromatic rings. The molecule has 7 heteroatoms. The average molecular weight is 283 g/mol. The number of nitrogens with two attached hydrogens (primary N) is 1. The Balaban J connectivity index is 2.83. The number of nitrogens with one attached hydrogen (secondary N) is 2. The minimum Gasteiger partial charge on any atom is -0.462 e. The van der Waals surface area contributed by atoms with E-state index in [1.54, 1.807) is 6.92 Å². The van der Waals surface area contributed by atoms with Gasteiger partial charge in [-0.1, -0.05) is 0 Å². The molecule has 6 nitrogen and oxygen atoms in total. The first-order valence-corrected chi connectivity index (χ1v) is 6.20. The predicted molar refractivity (Wildman–Crippen MR) is 73.9 cm³/mol. The van der Waals surface area contributed by atoms with Crippen LogP contribution in [0.2, 0.25) is 0 Å². The van der Waals surface area contributed by atoms with Crippen molar-refractivity contribution in [2.75, 3.05) is 31.2 Å². The van der Waals surface area contributed by atoms with Gasteiger partial charge in [-0.2, -0.15) is 0 Å². The van der Waals surface area contributed by atoms with Crippen molar-refractivity contribution in [3.8, 4) is 0 Å². The topological polar surface area (TPSA) is 93.4 Å². The van der Waals surface area contributed by atoms with Crippen LogP contribution in [0.4, 0.5) is 15.8 Å². The first kappa shape index (κ1) is 15.7. The summed E-state index contributed by atoms with van der Waals surface area (Å²) in [5.74, 6) is -1.37. The number of amides is 1. The third-order valence-corrected chi connectivity index (χ3v) is 2.58. The van der Waals surface area contributed by atoms with E-state index in [-0.39, 0.29) is 42.4 Å². The highest BCUT2D eigenvalue weighted by Crippen LogP contribution is 2.23. The molecule has 0 saturated heterocycles. The van der Waals surface area contributed by atoms with Crippen LogP contribution in [0.5, 0.6) is 0 Å². The van der Waals surface area contributed by atoms with Crippen LogP contribution in [-0.2, 0) is 9.53 Å². The number of hydrogen-bond donors (Lipinski definition) is 3. The number of esters is 1.